The summed E-state index contributed by atoms with van der Waals surface area (Å²) in [6.07, 6.45) is 3.82. The summed E-state index contributed by atoms with van der Waals surface area (Å²) in [4.78, 5) is 25.4. The van der Waals surface area contributed by atoms with Crippen LogP contribution in [0.4, 0.5) is 0 Å². The van der Waals surface area contributed by atoms with Gasteiger partial charge in [-0.2, -0.15) is 0 Å². The zero-order chi connectivity index (χ0) is 14.0. The molecule has 5 heteroatoms. The van der Waals surface area contributed by atoms with Crippen LogP contribution in [0.25, 0.3) is 0 Å². The first-order valence-corrected chi connectivity index (χ1v) is 7.29. The second kappa shape index (κ2) is 5.90. The predicted octanol–water partition coefficient (Wildman–Crippen LogP) is 0.487. The fourth-order valence-electron chi connectivity index (χ4n) is 3.29. The monoisotopic (exact) mass is 267 g/mol. The second-order valence-electron chi connectivity index (χ2n) is 6.16. The van der Waals surface area contributed by atoms with E-state index in [0.717, 1.165) is 32.2 Å². The van der Waals surface area contributed by atoms with Crippen molar-refractivity contribution in [3.63, 3.8) is 0 Å². The summed E-state index contributed by atoms with van der Waals surface area (Å²) in [5, 5.41) is 2.89. The molecular formula is C14H25N3O2. The summed E-state index contributed by atoms with van der Waals surface area (Å²) in [7, 11) is 0. The molecule has 0 aromatic rings. The van der Waals surface area contributed by atoms with Crippen LogP contribution >= 0.6 is 0 Å². The predicted molar refractivity (Wildman–Crippen MR) is 73.3 cm³/mol. The number of rotatable bonds is 2. The number of carbonyl (C=O) groups is 2. The van der Waals surface area contributed by atoms with E-state index in [9.17, 15) is 9.59 Å². The summed E-state index contributed by atoms with van der Waals surface area (Å²) in [6, 6.07) is 0.113. The molecule has 2 rings (SSSR count). The van der Waals surface area contributed by atoms with E-state index in [-0.39, 0.29) is 29.8 Å². The van der Waals surface area contributed by atoms with Gasteiger partial charge in [-0.25, -0.2) is 0 Å². The first kappa shape index (κ1) is 14.3. The molecule has 1 saturated carbocycles. The number of likely N-dealkylation sites (tertiary alicyclic amines) is 1. The maximum absolute atomic E-state index is 12.5. The molecule has 0 radical (unpaired) electrons. The van der Waals surface area contributed by atoms with Gasteiger partial charge in [-0.1, -0.05) is 6.92 Å². The van der Waals surface area contributed by atoms with Gasteiger partial charge in [0.1, 0.15) is 0 Å². The van der Waals surface area contributed by atoms with Crippen molar-refractivity contribution in [2.24, 2.45) is 17.6 Å². The van der Waals surface area contributed by atoms with Gasteiger partial charge in [-0.05, 0) is 31.6 Å². The van der Waals surface area contributed by atoms with Crippen LogP contribution in [0.15, 0.2) is 0 Å². The van der Waals surface area contributed by atoms with Crippen LogP contribution in [0.2, 0.25) is 0 Å². The molecule has 1 aliphatic carbocycles. The van der Waals surface area contributed by atoms with E-state index in [0.29, 0.717) is 12.5 Å². The van der Waals surface area contributed by atoms with E-state index >= 15 is 0 Å². The quantitative estimate of drug-likeness (QED) is 0.764. The lowest BCUT2D eigenvalue weighted by Gasteiger charge is -2.34. The van der Waals surface area contributed by atoms with Gasteiger partial charge >= 0.3 is 0 Å². The summed E-state index contributed by atoms with van der Waals surface area (Å²) in [5.74, 6) is 0.719. The zero-order valence-electron chi connectivity index (χ0n) is 11.9. The number of hydrogen-bond donors (Lipinski definition) is 2. The van der Waals surface area contributed by atoms with Crippen LogP contribution in [0.1, 0.15) is 39.5 Å². The molecule has 19 heavy (non-hydrogen) atoms. The van der Waals surface area contributed by atoms with Crippen molar-refractivity contribution in [1.29, 1.82) is 0 Å². The number of nitrogens with zero attached hydrogens (tertiary/aromatic N) is 1. The SMILES string of the molecule is CC(=O)NC1CCN(C(=O)C2CC(C)CCC2N)C1. The average molecular weight is 267 g/mol. The van der Waals surface area contributed by atoms with E-state index in [1.165, 1.54) is 6.92 Å². The highest BCUT2D eigenvalue weighted by atomic mass is 16.2. The smallest absolute Gasteiger partial charge is 0.227 e. The third kappa shape index (κ3) is 3.47. The Hall–Kier alpha value is -1.10. The van der Waals surface area contributed by atoms with Gasteiger partial charge in [0.2, 0.25) is 11.8 Å². The molecule has 3 N–H and O–H groups in total. The van der Waals surface area contributed by atoms with Gasteiger partial charge in [0.15, 0.2) is 0 Å². The molecule has 0 spiro atoms. The second-order valence-corrected chi connectivity index (χ2v) is 6.16. The Morgan fingerprint density at radius 2 is 2.00 bits per heavy atom. The number of hydrogen-bond acceptors (Lipinski definition) is 3. The molecular weight excluding hydrogens is 242 g/mol. The Kier molecular flexibility index (Phi) is 4.45. The Labute approximate surface area is 114 Å². The Balaban J connectivity index is 1.91. The number of nitrogens with two attached hydrogens (primary N) is 1. The summed E-state index contributed by atoms with van der Waals surface area (Å²) in [6.45, 7) is 5.08. The van der Waals surface area contributed by atoms with Crippen molar-refractivity contribution >= 4 is 11.8 Å². The van der Waals surface area contributed by atoms with E-state index in [1.807, 2.05) is 4.90 Å². The van der Waals surface area contributed by atoms with Crippen LogP contribution in [-0.2, 0) is 9.59 Å². The minimum atomic E-state index is -0.0279. The molecule has 2 aliphatic rings. The summed E-state index contributed by atoms with van der Waals surface area (Å²) < 4.78 is 0. The maximum Gasteiger partial charge on any atom is 0.227 e. The molecule has 0 bridgehead atoms. The van der Waals surface area contributed by atoms with Crippen LogP contribution in [0, 0.1) is 11.8 Å². The maximum atomic E-state index is 12.5. The molecule has 4 atom stereocenters. The van der Waals surface area contributed by atoms with Crippen LogP contribution in [0.3, 0.4) is 0 Å². The molecule has 2 amide bonds. The average Bonchev–Trinajstić information content (AvgIpc) is 2.79. The van der Waals surface area contributed by atoms with Crippen molar-refractivity contribution in [2.75, 3.05) is 13.1 Å². The van der Waals surface area contributed by atoms with Gasteiger partial charge in [-0.3, -0.25) is 9.59 Å². The summed E-state index contributed by atoms with van der Waals surface area (Å²) >= 11 is 0. The molecule has 0 aromatic heterocycles. The lowest BCUT2D eigenvalue weighted by molar-refractivity contribution is -0.136. The first-order chi connectivity index (χ1) is 8.97. The van der Waals surface area contributed by atoms with Gasteiger partial charge < -0.3 is 16.0 Å². The van der Waals surface area contributed by atoms with E-state index < -0.39 is 0 Å². The van der Waals surface area contributed by atoms with Crippen molar-refractivity contribution in [1.82, 2.24) is 10.2 Å². The molecule has 4 unspecified atom stereocenters. The molecule has 5 nitrogen and oxygen atoms in total. The highest BCUT2D eigenvalue weighted by Gasteiger charge is 2.36. The standard InChI is InChI=1S/C14H25N3O2/c1-9-3-4-13(15)12(7-9)14(19)17-6-5-11(8-17)16-10(2)18/h9,11-13H,3-8,15H2,1-2H3,(H,16,18). The largest absolute Gasteiger partial charge is 0.352 e. The first-order valence-electron chi connectivity index (χ1n) is 7.29. The highest BCUT2D eigenvalue weighted by molar-refractivity contribution is 5.80. The Morgan fingerprint density at radius 3 is 2.68 bits per heavy atom. The highest BCUT2D eigenvalue weighted by Crippen LogP contribution is 2.30. The fraction of sp³-hybridized carbons (Fsp3) is 0.857. The lowest BCUT2D eigenvalue weighted by Crippen LogP contribution is -2.47. The molecule has 108 valence electrons. The normalized spacial score (nSPS) is 35.2. The molecule has 1 aliphatic heterocycles. The minimum Gasteiger partial charge on any atom is -0.352 e. The van der Waals surface area contributed by atoms with Gasteiger partial charge in [0.25, 0.3) is 0 Å². The summed E-state index contributed by atoms with van der Waals surface area (Å²) in [5.41, 5.74) is 6.11. The molecule has 1 heterocycles. The van der Waals surface area contributed by atoms with Crippen LogP contribution in [0.5, 0.6) is 0 Å². The lowest BCUT2D eigenvalue weighted by atomic mass is 9.78. The van der Waals surface area contributed by atoms with Crippen LogP contribution < -0.4 is 11.1 Å². The van der Waals surface area contributed by atoms with Crippen molar-refractivity contribution in [2.45, 2.75) is 51.6 Å². The minimum absolute atomic E-state index is 0.00326. The van der Waals surface area contributed by atoms with Crippen LogP contribution in [-0.4, -0.2) is 41.9 Å². The van der Waals surface area contributed by atoms with Gasteiger partial charge in [-0.15, -0.1) is 0 Å². The van der Waals surface area contributed by atoms with E-state index in [4.69, 9.17) is 5.73 Å². The van der Waals surface area contributed by atoms with E-state index in [1.54, 1.807) is 0 Å². The number of nitrogens with one attached hydrogen (secondary N) is 1. The third-order valence-electron chi connectivity index (χ3n) is 4.39. The Morgan fingerprint density at radius 1 is 1.26 bits per heavy atom. The molecule has 0 aromatic carbocycles. The number of carbonyl (C=O) groups excluding carboxylic acids is 2. The topological polar surface area (TPSA) is 75.4 Å². The van der Waals surface area contributed by atoms with E-state index in [2.05, 4.69) is 12.2 Å². The van der Waals surface area contributed by atoms with Gasteiger partial charge in [0.05, 0.1) is 5.92 Å². The van der Waals surface area contributed by atoms with Crippen molar-refractivity contribution in [3.8, 4) is 0 Å². The number of amides is 2. The van der Waals surface area contributed by atoms with Gasteiger partial charge in [0, 0.05) is 32.1 Å². The molecule has 2 fully saturated rings. The van der Waals surface area contributed by atoms with Crippen molar-refractivity contribution in [3.05, 3.63) is 0 Å². The Bertz CT molecular complexity index is 359. The zero-order valence-corrected chi connectivity index (χ0v) is 11.9. The molecule has 1 saturated heterocycles. The van der Waals surface area contributed by atoms with Crippen molar-refractivity contribution < 1.29 is 9.59 Å². The fourth-order valence-corrected chi connectivity index (χ4v) is 3.29. The third-order valence-corrected chi connectivity index (χ3v) is 4.39.